The summed E-state index contributed by atoms with van der Waals surface area (Å²) in [6, 6.07) is 7.73. The van der Waals surface area contributed by atoms with E-state index in [4.69, 9.17) is 0 Å². The zero-order valence-corrected chi connectivity index (χ0v) is 15.1. The van der Waals surface area contributed by atoms with Crippen molar-refractivity contribution in [2.24, 2.45) is 0 Å². The minimum absolute atomic E-state index is 0.0914. The maximum atomic E-state index is 12.6. The second kappa shape index (κ2) is 7.30. The second-order valence-corrected chi connectivity index (χ2v) is 8.27. The van der Waals surface area contributed by atoms with Crippen LogP contribution in [0.1, 0.15) is 34.3 Å². The van der Waals surface area contributed by atoms with Crippen molar-refractivity contribution in [1.29, 1.82) is 0 Å². The second-order valence-electron chi connectivity index (χ2n) is 6.34. The topological polar surface area (TPSA) is 67.3 Å². The number of carbonyl (C=O) groups excluding carboxylic acids is 1. The fourth-order valence-electron chi connectivity index (χ4n) is 2.87. The molecule has 0 N–H and O–H groups in total. The summed E-state index contributed by atoms with van der Waals surface area (Å²) in [5, 5.41) is -0.423. The van der Waals surface area contributed by atoms with Crippen LogP contribution in [0.2, 0.25) is 0 Å². The third-order valence-electron chi connectivity index (χ3n) is 4.33. The molecule has 0 aliphatic carbocycles. The van der Waals surface area contributed by atoms with Crippen molar-refractivity contribution in [3.8, 4) is 0 Å². The molecule has 0 spiro atoms. The van der Waals surface area contributed by atoms with Crippen molar-refractivity contribution < 1.29 is 26.4 Å². The Bertz CT molecular complexity index is 918. The fraction of sp³-hybridized carbons (Fsp3) is 0.333. The van der Waals surface area contributed by atoms with Gasteiger partial charge in [-0.2, -0.15) is 13.2 Å². The summed E-state index contributed by atoms with van der Waals surface area (Å²) >= 11 is 0. The summed E-state index contributed by atoms with van der Waals surface area (Å²) in [5.74, 6) is -0.505. The molecule has 2 heterocycles. The van der Waals surface area contributed by atoms with Gasteiger partial charge in [0.05, 0.1) is 11.3 Å². The van der Waals surface area contributed by atoms with Crippen molar-refractivity contribution in [2.45, 2.75) is 29.8 Å². The number of amides is 1. The van der Waals surface area contributed by atoms with E-state index < -0.39 is 32.4 Å². The molecule has 1 amide bonds. The van der Waals surface area contributed by atoms with Crippen LogP contribution in [0.4, 0.5) is 13.2 Å². The summed E-state index contributed by atoms with van der Waals surface area (Å²) in [6.07, 6.45) is -2.12. The van der Waals surface area contributed by atoms with Crippen LogP contribution in [-0.4, -0.2) is 37.3 Å². The largest absolute Gasteiger partial charge is 0.417 e. The van der Waals surface area contributed by atoms with E-state index in [1.54, 1.807) is 17.0 Å². The first-order valence-electron chi connectivity index (χ1n) is 8.31. The van der Waals surface area contributed by atoms with Crippen LogP contribution in [0.3, 0.4) is 0 Å². The van der Waals surface area contributed by atoms with E-state index in [1.807, 2.05) is 0 Å². The van der Waals surface area contributed by atoms with Crippen molar-refractivity contribution in [3.63, 3.8) is 0 Å². The van der Waals surface area contributed by atoms with Gasteiger partial charge in [-0.25, -0.2) is 13.4 Å². The van der Waals surface area contributed by atoms with Gasteiger partial charge < -0.3 is 4.90 Å². The van der Waals surface area contributed by atoms with Gasteiger partial charge >= 0.3 is 6.18 Å². The number of halogens is 3. The van der Waals surface area contributed by atoms with E-state index >= 15 is 0 Å². The molecule has 0 unspecified atom stereocenters. The summed E-state index contributed by atoms with van der Waals surface area (Å²) in [5.41, 5.74) is -0.105. The van der Waals surface area contributed by atoms with Crippen LogP contribution in [0, 0.1) is 0 Å². The number of aromatic nitrogens is 1. The number of benzene rings is 1. The highest BCUT2D eigenvalue weighted by atomic mass is 32.2. The van der Waals surface area contributed by atoms with Crippen molar-refractivity contribution >= 4 is 15.7 Å². The lowest BCUT2D eigenvalue weighted by Gasteiger charge is -2.15. The first-order valence-corrected chi connectivity index (χ1v) is 9.96. The molecular formula is C18H17F3N2O3S. The summed E-state index contributed by atoms with van der Waals surface area (Å²) in [6.45, 7) is 1.43. The number of carbonyl (C=O) groups is 1. The van der Waals surface area contributed by atoms with Crippen molar-refractivity contribution in [1.82, 2.24) is 9.88 Å². The Balaban J connectivity index is 1.73. The molecule has 1 aliphatic heterocycles. The van der Waals surface area contributed by atoms with Gasteiger partial charge in [-0.1, -0.05) is 12.1 Å². The fourth-order valence-corrected chi connectivity index (χ4v) is 4.14. The van der Waals surface area contributed by atoms with Crippen molar-refractivity contribution in [2.75, 3.05) is 13.1 Å². The first-order chi connectivity index (χ1) is 12.7. The van der Waals surface area contributed by atoms with Gasteiger partial charge in [0.25, 0.3) is 5.91 Å². The monoisotopic (exact) mass is 398 g/mol. The molecule has 1 fully saturated rings. The minimum atomic E-state index is -4.58. The Labute approximate surface area is 154 Å². The van der Waals surface area contributed by atoms with Gasteiger partial charge in [-0.05, 0) is 42.7 Å². The van der Waals surface area contributed by atoms with E-state index in [1.165, 1.54) is 12.1 Å². The minimum Gasteiger partial charge on any atom is -0.339 e. The Morgan fingerprint density at radius 1 is 1.04 bits per heavy atom. The average Bonchev–Trinajstić information content (AvgIpc) is 3.15. The normalized spacial score (nSPS) is 15.1. The number of nitrogens with zero attached hydrogens (tertiary/aromatic N) is 2. The number of hydrogen-bond acceptors (Lipinski definition) is 4. The van der Waals surface area contributed by atoms with Gasteiger partial charge in [0.2, 0.25) is 0 Å². The molecule has 1 aliphatic rings. The molecule has 0 atom stereocenters. The van der Waals surface area contributed by atoms with E-state index in [0.29, 0.717) is 36.5 Å². The summed E-state index contributed by atoms with van der Waals surface area (Å²) < 4.78 is 62.4. The predicted molar refractivity (Wildman–Crippen MR) is 91.7 cm³/mol. The zero-order valence-electron chi connectivity index (χ0n) is 14.2. The Hall–Kier alpha value is -2.42. The van der Waals surface area contributed by atoms with E-state index in [9.17, 15) is 26.4 Å². The molecule has 2 aromatic rings. The molecule has 27 heavy (non-hydrogen) atoms. The summed E-state index contributed by atoms with van der Waals surface area (Å²) in [4.78, 5) is 17.5. The number of sulfone groups is 1. The maximum absolute atomic E-state index is 12.6. The Kier molecular flexibility index (Phi) is 5.23. The third-order valence-corrected chi connectivity index (χ3v) is 5.93. The molecule has 0 saturated carbocycles. The van der Waals surface area contributed by atoms with Gasteiger partial charge in [0, 0.05) is 24.8 Å². The van der Waals surface area contributed by atoms with Crippen LogP contribution in [-0.2, 0) is 21.8 Å². The van der Waals surface area contributed by atoms with Crippen LogP contribution >= 0.6 is 0 Å². The standard InChI is InChI=1S/C18H17F3N2O3S/c19-18(20,21)15-7-8-16(22-11-15)27(25,26)12-13-3-5-14(6-4-13)17(24)23-9-1-2-10-23/h3-8,11H,1-2,9-10,12H2. The van der Waals surface area contributed by atoms with E-state index in [2.05, 4.69) is 4.98 Å². The van der Waals surface area contributed by atoms with Crippen LogP contribution in [0.15, 0.2) is 47.6 Å². The molecule has 1 aromatic carbocycles. The first kappa shape index (κ1) is 19.3. The number of alkyl halides is 3. The maximum Gasteiger partial charge on any atom is 0.417 e. The van der Waals surface area contributed by atoms with Crippen molar-refractivity contribution in [3.05, 3.63) is 59.3 Å². The van der Waals surface area contributed by atoms with E-state index in [-0.39, 0.29) is 5.91 Å². The number of pyridine rings is 1. The highest BCUT2D eigenvalue weighted by molar-refractivity contribution is 7.90. The quantitative estimate of drug-likeness (QED) is 0.793. The van der Waals surface area contributed by atoms with Crippen LogP contribution < -0.4 is 0 Å². The smallest absolute Gasteiger partial charge is 0.339 e. The van der Waals surface area contributed by atoms with Gasteiger partial charge in [0.15, 0.2) is 14.9 Å². The predicted octanol–water partition coefficient (Wildman–Crippen LogP) is 3.31. The molecular weight excluding hydrogens is 381 g/mol. The lowest BCUT2D eigenvalue weighted by atomic mass is 10.1. The van der Waals surface area contributed by atoms with Gasteiger partial charge in [-0.3, -0.25) is 4.79 Å². The lowest BCUT2D eigenvalue weighted by molar-refractivity contribution is -0.137. The Morgan fingerprint density at radius 3 is 2.19 bits per heavy atom. The SMILES string of the molecule is O=C(c1ccc(CS(=O)(=O)c2ccc(C(F)(F)F)cn2)cc1)N1CCCC1. The highest BCUT2D eigenvalue weighted by Gasteiger charge is 2.31. The number of rotatable bonds is 4. The highest BCUT2D eigenvalue weighted by Crippen LogP contribution is 2.29. The van der Waals surface area contributed by atoms with Gasteiger partial charge in [-0.15, -0.1) is 0 Å². The molecule has 144 valence electrons. The molecule has 9 heteroatoms. The Morgan fingerprint density at radius 2 is 1.67 bits per heavy atom. The molecule has 3 rings (SSSR count). The third kappa shape index (κ3) is 4.47. The zero-order chi connectivity index (χ0) is 19.7. The molecule has 0 radical (unpaired) electrons. The van der Waals surface area contributed by atoms with E-state index in [0.717, 1.165) is 18.9 Å². The molecule has 1 aromatic heterocycles. The molecule has 5 nitrogen and oxygen atoms in total. The summed E-state index contributed by atoms with van der Waals surface area (Å²) in [7, 11) is -3.90. The lowest BCUT2D eigenvalue weighted by Crippen LogP contribution is -2.27. The van der Waals surface area contributed by atoms with Gasteiger partial charge in [0.1, 0.15) is 0 Å². The number of hydrogen-bond donors (Lipinski definition) is 0. The van der Waals surface area contributed by atoms with Crippen LogP contribution in [0.25, 0.3) is 0 Å². The molecule has 1 saturated heterocycles. The average molecular weight is 398 g/mol. The van der Waals surface area contributed by atoms with Crippen LogP contribution in [0.5, 0.6) is 0 Å². The number of likely N-dealkylation sites (tertiary alicyclic amines) is 1. The molecule has 0 bridgehead atoms.